The first kappa shape index (κ1) is 15.0. The molecule has 2 aromatic rings. The van der Waals surface area contributed by atoms with Crippen LogP contribution in [0.4, 0.5) is 10.1 Å². The van der Waals surface area contributed by atoms with Crippen molar-refractivity contribution < 1.29 is 13.9 Å². The van der Waals surface area contributed by atoms with Crippen molar-refractivity contribution in [2.24, 2.45) is 5.73 Å². The van der Waals surface area contributed by atoms with Gasteiger partial charge in [0.15, 0.2) is 0 Å². The van der Waals surface area contributed by atoms with E-state index in [1.54, 1.807) is 31.2 Å². The quantitative estimate of drug-likeness (QED) is 0.889. The number of benzene rings is 2. The van der Waals surface area contributed by atoms with Gasteiger partial charge in [0.25, 0.3) is 5.91 Å². The zero-order valence-corrected chi connectivity index (χ0v) is 11.7. The largest absolute Gasteiger partial charge is 0.492 e. The third-order valence-electron chi connectivity index (χ3n) is 2.90. The predicted octanol–water partition coefficient (Wildman–Crippen LogP) is 2.72. The molecule has 0 heterocycles. The number of amides is 1. The summed E-state index contributed by atoms with van der Waals surface area (Å²) in [4.78, 5) is 12.1. The van der Waals surface area contributed by atoms with E-state index < -0.39 is 0 Å². The molecule has 0 bridgehead atoms. The molecule has 0 atom stereocenters. The minimum absolute atomic E-state index is 0.297. The first-order valence-corrected chi connectivity index (χ1v) is 6.60. The lowest BCUT2D eigenvalue weighted by Gasteiger charge is -2.09. The van der Waals surface area contributed by atoms with Crippen LogP contribution in [-0.4, -0.2) is 19.1 Å². The van der Waals surface area contributed by atoms with Gasteiger partial charge in [0.2, 0.25) is 0 Å². The summed E-state index contributed by atoms with van der Waals surface area (Å²) < 4.78 is 18.6. The van der Waals surface area contributed by atoms with E-state index in [-0.39, 0.29) is 11.7 Å². The van der Waals surface area contributed by atoms with E-state index in [4.69, 9.17) is 10.5 Å². The van der Waals surface area contributed by atoms with Crippen LogP contribution in [0.2, 0.25) is 0 Å². The second-order valence-corrected chi connectivity index (χ2v) is 4.58. The maximum absolute atomic E-state index is 13.2. The molecule has 2 rings (SSSR count). The Morgan fingerprint density at radius 2 is 2.10 bits per heavy atom. The molecule has 110 valence electrons. The Balaban J connectivity index is 2.10. The first-order valence-electron chi connectivity index (χ1n) is 6.60. The van der Waals surface area contributed by atoms with Gasteiger partial charge in [-0.05, 0) is 42.8 Å². The Morgan fingerprint density at radius 3 is 2.81 bits per heavy atom. The minimum atomic E-state index is -0.330. The van der Waals surface area contributed by atoms with E-state index in [0.29, 0.717) is 35.7 Å². The molecule has 0 saturated carbocycles. The van der Waals surface area contributed by atoms with Crippen LogP contribution in [0.3, 0.4) is 0 Å². The number of rotatable bonds is 5. The highest BCUT2D eigenvalue weighted by Gasteiger charge is 2.08. The topological polar surface area (TPSA) is 64.3 Å². The molecule has 0 radical (unpaired) electrons. The molecule has 2 aromatic carbocycles. The van der Waals surface area contributed by atoms with Crippen molar-refractivity contribution in [3.63, 3.8) is 0 Å². The van der Waals surface area contributed by atoms with Crippen LogP contribution in [0, 0.1) is 12.7 Å². The SMILES string of the molecule is Cc1cc(C(=O)Nc2cccc(OCCN)c2)ccc1F. The molecule has 1 amide bonds. The molecule has 0 aromatic heterocycles. The zero-order chi connectivity index (χ0) is 15.2. The van der Waals surface area contributed by atoms with Crippen LogP contribution >= 0.6 is 0 Å². The number of anilines is 1. The summed E-state index contributed by atoms with van der Waals surface area (Å²) in [6, 6.07) is 11.3. The molecule has 0 aliphatic heterocycles. The van der Waals surface area contributed by atoms with Crippen molar-refractivity contribution in [1.82, 2.24) is 0 Å². The van der Waals surface area contributed by atoms with Crippen molar-refractivity contribution in [1.29, 1.82) is 0 Å². The Bertz CT molecular complexity index is 644. The van der Waals surface area contributed by atoms with E-state index in [0.717, 1.165) is 0 Å². The summed E-state index contributed by atoms with van der Waals surface area (Å²) in [6.07, 6.45) is 0. The van der Waals surface area contributed by atoms with Gasteiger partial charge in [-0.25, -0.2) is 4.39 Å². The highest BCUT2D eigenvalue weighted by atomic mass is 19.1. The van der Waals surface area contributed by atoms with E-state index >= 15 is 0 Å². The molecular weight excluding hydrogens is 271 g/mol. The summed E-state index contributed by atoms with van der Waals surface area (Å²) in [5.74, 6) is 0.00587. The van der Waals surface area contributed by atoms with Crippen LogP contribution in [0.1, 0.15) is 15.9 Å². The molecule has 0 saturated heterocycles. The normalized spacial score (nSPS) is 10.2. The average molecular weight is 288 g/mol. The van der Waals surface area contributed by atoms with Gasteiger partial charge in [-0.3, -0.25) is 4.79 Å². The lowest BCUT2D eigenvalue weighted by molar-refractivity contribution is 0.102. The Labute approximate surface area is 122 Å². The van der Waals surface area contributed by atoms with E-state index in [1.807, 2.05) is 0 Å². The van der Waals surface area contributed by atoms with Gasteiger partial charge < -0.3 is 15.8 Å². The predicted molar refractivity (Wildman–Crippen MR) is 80.1 cm³/mol. The van der Waals surface area contributed by atoms with Crippen molar-refractivity contribution in [2.75, 3.05) is 18.5 Å². The number of halogens is 1. The average Bonchev–Trinajstić information content (AvgIpc) is 2.48. The number of carbonyl (C=O) groups excluding carboxylic acids is 1. The van der Waals surface area contributed by atoms with Crippen LogP contribution in [0.5, 0.6) is 5.75 Å². The fraction of sp³-hybridized carbons (Fsp3) is 0.188. The monoisotopic (exact) mass is 288 g/mol. The molecule has 0 fully saturated rings. The van der Waals surface area contributed by atoms with Crippen LogP contribution < -0.4 is 15.8 Å². The van der Waals surface area contributed by atoms with E-state index in [9.17, 15) is 9.18 Å². The maximum Gasteiger partial charge on any atom is 0.255 e. The van der Waals surface area contributed by atoms with Gasteiger partial charge in [0, 0.05) is 23.9 Å². The summed E-state index contributed by atoms with van der Waals surface area (Å²) in [5, 5.41) is 2.75. The summed E-state index contributed by atoms with van der Waals surface area (Å²) in [6.45, 7) is 2.45. The third-order valence-corrected chi connectivity index (χ3v) is 2.90. The van der Waals surface area contributed by atoms with Crippen molar-refractivity contribution in [2.45, 2.75) is 6.92 Å². The number of nitrogens with two attached hydrogens (primary N) is 1. The number of aryl methyl sites for hydroxylation is 1. The Morgan fingerprint density at radius 1 is 1.29 bits per heavy atom. The maximum atomic E-state index is 13.2. The molecular formula is C16H17FN2O2. The lowest BCUT2D eigenvalue weighted by Crippen LogP contribution is -2.13. The van der Waals surface area contributed by atoms with Crippen LogP contribution in [0.15, 0.2) is 42.5 Å². The summed E-state index contributed by atoms with van der Waals surface area (Å²) >= 11 is 0. The Kier molecular flexibility index (Phi) is 4.90. The second kappa shape index (κ2) is 6.85. The van der Waals surface area contributed by atoms with Crippen LogP contribution in [-0.2, 0) is 0 Å². The van der Waals surface area contributed by atoms with Gasteiger partial charge in [-0.2, -0.15) is 0 Å². The van der Waals surface area contributed by atoms with Gasteiger partial charge in [-0.1, -0.05) is 6.07 Å². The summed E-state index contributed by atoms with van der Waals surface area (Å²) in [5.41, 5.74) is 6.82. The smallest absolute Gasteiger partial charge is 0.255 e. The highest BCUT2D eigenvalue weighted by molar-refractivity contribution is 6.04. The van der Waals surface area contributed by atoms with Gasteiger partial charge in [-0.15, -0.1) is 0 Å². The molecule has 0 aliphatic carbocycles. The first-order chi connectivity index (χ1) is 10.1. The molecule has 0 unspecified atom stereocenters. The van der Waals surface area contributed by atoms with E-state index in [2.05, 4.69) is 5.32 Å². The molecule has 4 nitrogen and oxygen atoms in total. The van der Waals surface area contributed by atoms with Gasteiger partial charge in [0.05, 0.1) is 0 Å². The standard InChI is InChI=1S/C16H17FN2O2/c1-11-9-12(5-6-15(11)17)16(20)19-13-3-2-4-14(10-13)21-8-7-18/h2-6,9-10H,7-8,18H2,1H3,(H,19,20). The molecule has 0 spiro atoms. The van der Waals surface area contributed by atoms with Crippen molar-refractivity contribution in [3.05, 3.63) is 59.4 Å². The molecule has 3 N–H and O–H groups in total. The van der Waals surface area contributed by atoms with E-state index in [1.165, 1.54) is 18.2 Å². The molecule has 21 heavy (non-hydrogen) atoms. The summed E-state index contributed by atoms with van der Waals surface area (Å²) in [7, 11) is 0. The van der Waals surface area contributed by atoms with Crippen LogP contribution in [0.25, 0.3) is 0 Å². The van der Waals surface area contributed by atoms with Crippen molar-refractivity contribution >= 4 is 11.6 Å². The minimum Gasteiger partial charge on any atom is -0.492 e. The number of ether oxygens (including phenoxy) is 1. The number of hydrogen-bond donors (Lipinski definition) is 2. The van der Waals surface area contributed by atoms with Gasteiger partial charge in [0.1, 0.15) is 18.2 Å². The number of hydrogen-bond acceptors (Lipinski definition) is 3. The lowest BCUT2D eigenvalue weighted by atomic mass is 10.1. The second-order valence-electron chi connectivity index (χ2n) is 4.58. The number of carbonyl (C=O) groups is 1. The Hall–Kier alpha value is -2.40. The molecule has 5 heteroatoms. The fourth-order valence-corrected chi connectivity index (χ4v) is 1.83. The van der Waals surface area contributed by atoms with Crippen molar-refractivity contribution in [3.8, 4) is 5.75 Å². The third kappa shape index (κ3) is 4.03. The highest BCUT2D eigenvalue weighted by Crippen LogP contribution is 2.18. The molecule has 0 aliphatic rings. The zero-order valence-electron chi connectivity index (χ0n) is 11.7. The van der Waals surface area contributed by atoms with Gasteiger partial charge >= 0.3 is 0 Å². The number of nitrogens with one attached hydrogen (secondary N) is 1. The fourth-order valence-electron chi connectivity index (χ4n) is 1.83.